The van der Waals surface area contributed by atoms with Crippen LogP contribution >= 0.6 is 0 Å². The molecule has 1 aromatic rings. The van der Waals surface area contributed by atoms with Gasteiger partial charge in [0.05, 0.1) is 6.54 Å². The zero-order valence-corrected chi connectivity index (χ0v) is 10.8. The molecule has 2 atom stereocenters. The van der Waals surface area contributed by atoms with Gasteiger partial charge in [0.15, 0.2) is 0 Å². The van der Waals surface area contributed by atoms with Crippen molar-refractivity contribution >= 4 is 5.69 Å². The van der Waals surface area contributed by atoms with E-state index in [1.165, 1.54) is 16.8 Å². The van der Waals surface area contributed by atoms with E-state index in [-0.39, 0.29) is 11.2 Å². The van der Waals surface area contributed by atoms with Crippen molar-refractivity contribution in [2.45, 2.75) is 25.0 Å². The molecule has 2 heteroatoms. The summed E-state index contributed by atoms with van der Waals surface area (Å²) in [6, 6.07) is 8.74. The van der Waals surface area contributed by atoms with Crippen LogP contribution in [0.25, 0.3) is 0 Å². The van der Waals surface area contributed by atoms with Crippen molar-refractivity contribution in [3.8, 4) is 0 Å². The van der Waals surface area contributed by atoms with Crippen molar-refractivity contribution < 1.29 is 4.74 Å². The highest BCUT2D eigenvalue weighted by Crippen LogP contribution is 2.49. The van der Waals surface area contributed by atoms with Crippen LogP contribution in [0.2, 0.25) is 0 Å². The standard InChI is InChI=1S/C16H17NO/c1-12-3-5-14(6-4-12)17-10-13-9-15(2)7-8-16(13,11-17)18-15/h3-9H,10-11H2,1-2H3. The smallest absolute Gasteiger partial charge is 0.128 e. The van der Waals surface area contributed by atoms with Crippen LogP contribution in [-0.4, -0.2) is 24.3 Å². The lowest BCUT2D eigenvalue weighted by Gasteiger charge is -2.24. The van der Waals surface area contributed by atoms with Gasteiger partial charge in [-0.15, -0.1) is 0 Å². The van der Waals surface area contributed by atoms with E-state index in [0.717, 1.165) is 13.1 Å². The molecule has 1 fully saturated rings. The second-order valence-corrected chi connectivity index (χ2v) is 5.87. The average molecular weight is 239 g/mol. The zero-order chi connectivity index (χ0) is 12.4. The SMILES string of the molecule is Cc1ccc(N2CC3=CC4(C)C=CC3(C2)O4)cc1. The third-order valence-electron chi connectivity index (χ3n) is 4.28. The van der Waals surface area contributed by atoms with Crippen LogP contribution in [0.5, 0.6) is 0 Å². The van der Waals surface area contributed by atoms with E-state index < -0.39 is 0 Å². The average Bonchev–Trinajstić information content (AvgIpc) is 2.91. The van der Waals surface area contributed by atoms with Crippen molar-refractivity contribution in [1.29, 1.82) is 0 Å². The molecule has 18 heavy (non-hydrogen) atoms. The summed E-state index contributed by atoms with van der Waals surface area (Å²) in [7, 11) is 0. The van der Waals surface area contributed by atoms with Crippen molar-refractivity contribution in [1.82, 2.24) is 0 Å². The fraction of sp³-hybridized carbons (Fsp3) is 0.375. The van der Waals surface area contributed by atoms with E-state index in [1.807, 2.05) is 0 Å². The Bertz CT molecular complexity index is 571. The molecule has 0 radical (unpaired) electrons. The van der Waals surface area contributed by atoms with Crippen LogP contribution < -0.4 is 4.90 Å². The normalized spacial score (nSPS) is 36.1. The minimum atomic E-state index is -0.144. The molecule has 2 nitrogen and oxygen atoms in total. The van der Waals surface area contributed by atoms with Gasteiger partial charge in [-0.05, 0) is 49.8 Å². The van der Waals surface area contributed by atoms with Gasteiger partial charge in [-0.2, -0.15) is 0 Å². The number of rotatable bonds is 1. The molecule has 3 heterocycles. The number of hydrogen-bond acceptors (Lipinski definition) is 2. The molecule has 0 N–H and O–H groups in total. The summed E-state index contributed by atoms with van der Waals surface area (Å²) in [5.74, 6) is 0. The lowest BCUT2D eigenvalue weighted by molar-refractivity contribution is 0.00141. The highest BCUT2D eigenvalue weighted by atomic mass is 16.5. The lowest BCUT2D eigenvalue weighted by atomic mass is 9.92. The highest BCUT2D eigenvalue weighted by molar-refractivity contribution is 5.58. The maximum atomic E-state index is 6.20. The predicted octanol–water partition coefficient (Wildman–Crippen LogP) is 2.84. The summed E-state index contributed by atoms with van der Waals surface area (Å²) in [6.45, 7) is 6.19. The van der Waals surface area contributed by atoms with E-state index in [2.05, 4.69) is 61.2 Å². The third kappa shape index (κ3) is 1.27. The van der Waals surface area contributed by atoms with Crippen molar-refractivity contribution in [2.24, 2.45) is 0 Å². The number of aryl methyl sites for hydroxylation is 1. The van der Waals surface area contributed by atoms with Gasteiger partial charge in [0.1, 0.15) is 11.2 Å². The molecule has 1 saturated heterocycles. The summed E-state index contributed by atoms with van der Waals surface area (Å²) in [6.07, 6.45) is 6.73. The predicted molar refractivity (Wildman–Crippen MR) is 72.8 cm³/mol. The maximum absolute atomic E-state index is 6.20. The number of benzene rings is 1. The Morgan fingerprint density at radius 3 is 2.61 bits per heavy atom. The minimum absolute atomic E-state index is 0.139. The van der Waals surface area contributed by atoms with Crippen LogP contribution in [0.4, 0.5) is 5.69 Å². The second kappa shape index (κ2) is 3.07. The number of hydrogen-bond donors (Lipinski definition) is 0. The number of nitrogens with zero attached hydrogens (tertiary/aromatic N) is 1. The van der Waals surface area contributed by atoms with Crippen molar-refractivity contribution in [2.75, 3.05) is 18.0 Å². The van der Waals surface area contributed by atoms with Crippen LogP contribution in [-0.2, 0) is 4.74 Å². The molecule has 3 aliphatic heterocycles. The molecule has 0 amide bonds. The Hall–Kier alpha value is -1.54. The third-order valence-corrected chi connectivity index (χ3v) is 4.28. The lowest BCUT2D eigenvalue weighted by Crippen LogP contribution is -2.33. The topological polar surface area (TPSA) is 12.5 Å². The largest absolute Gasteiger partial charge is 0.364 e. The Kier molecular flexibility index (Phi) is 1.77. The monoisotopic (exact) mass is 239 g/mol. The van der Waals surface area contributed by atoms with Gasteiger partial charge in [0, 0.05) is 12.2 Å². The first-order valence-corrected chi connectivity index (χ1v) is 6.53. The quantitative estimate of drug-likeness (QED) is 0.699. The first-order valence-electron chi connectivity index (χ1n) is 6.53. The number of anilines is 1. The first-order chi connectivity index (χ1) is 8.59. The molecule has 3 aliphatic rings. The molecule has 0 saturated carbocycles. The van der Waals surface area contributed by atoms with Crippen LogP contribution in [0.15, 0.2) is 48.1 Å². The maximum Gasteiger partial charge on any atom is 0.128 e. The second-order valence-electron chi connectivity index (χ2n) is 5.87. The van der Waals surface area contributed by atoms with E-state index in [1.54, 1.807) is 0 Å². The minimum Gasteiger partial charge on any atom is -0.364 e. The zero-order valence-electron chi connectivity index (χ0n) is 10.8. The van der Waals surface area contributed by atoms with Crippen LogP contribution in [0, 0.1) is 6.92 Å². The molecule has 1 spiro atoms. The van der Waals surface area contributed by atoms with Gasteiger partial charge in [-0.3, -0.25) is 0 Å². The summed E-state index contributed by atoms with van der Waals surface area (Å²) < 4.78 is 6.20. The highest BCUT2D eigenvalue weighted by Gasteiger charge is 2.54. The molecule has 4 rings (SSSR count). The molecule has 2 unspecified atom stereocenters. The molecule has 0 aromatic heterocycles. The van der Waals surface area contributed by atoms with Crippen LogP contribution in [0.1, 0.15) is 12.5 Å². The van der Waals surface area contributed by atoms with E-state index in [9.17, 15) is 0 Å². The van der Waals surface area contributed by atoms with E-state index in [0.29, 0.717) is 0 Å². The molecule has 2 bridgehead atoms. The van der Waals surface area contributed by atoms with Gasteiger partial charge in [-0.25, -0.2) is 0 Å². The molecular formula is C16H17NO. The van der Waals surface area contributed by atoms with Crippen molar-refractivity contribution in [3.05, 3.63) is 53.6 Å². The Morgan fingerprint density at radius 1 is 1.17 bits per heavy atom. The summed E-state index contributed by atoms with van der Waals surface area (Å²) in [4.78, 5) is 2.40. The van der Waals surface area contributed by atoms with Gasteiger partial charge in [0.2, 0.25) is 0 Å². The summed E-state index contributed by atoms with van der Waals surface area (Å²) >= 11 is 0. The molecular weight excluding hydrogens is 222 g/mol. The van der Waals surface area contributed by atoms with Gasteiger partial charge < -0.3 is 9.64 Å². The summed E-state index contributed by atoms with van der Waals surface area (Å²) in [5, 5.41) is 0. The van der Waals surface area contributed by atoms with E-state index >= 15 is 0 Å². The molecule has 1 aromatic carbocycles. The number of ether oxygens (including phenoxy) is 1. The van der Waals surface area contributed by atoms with E-state index in [4.69, 9.17) is 4.74 Å². The van der Waals surface area contributed by atoms with Gasteiger partial charge in [-0.1, -0.05) is 17.7 Å². The number of fused-ring (bicyclic) bond motifs is 1. The van der Waals surface area contributed by atoms with Gasteiger partial charge in [0.25, 0.3) is 0 Å². The fourth-order valence-electron chi connectivity index (χ4n) is 3.33. The fourth-order valence-corrected chi connectivity index (χ4v) is 3.33. The Morgan fingerprint density at radius 2 is 1.94 bits per heavy atom. The first kappa shape index (κ1) is 10.4. The van der Waals surface area contributed by atoms with Gasteiger partial charge >= 0.3 is 0 Å². The Labute approximate surface area is 108 Å². The molecule has 0 aliphatic carbocycles. The Balaban J connectivity index is 1.68. The summed E-state index contributed by atoms with van der Waals surface area (Å²) in [5.41, 5.74) is 3.73. The van der Waals surface area contributed by atoms with Crippen molar-refractivity contribution in [3.63, 3.8) is 0 Å². The van der Waals surface area contributed by atoms with Crippen LogP contribution in [0.3, 0.4) is 0 Å². The molecule has 92 valence electrons.